The normalized spacial score (nSPS) is 9.25. The minimum absolute atomic E-state index is 1.12. The number of hydrogen-bond acceptors (Lipinski definition) is 1. The van der Waals surface area contributed by atoms with Crippen molar-refractivity contribution >= 4 is 11.9 Å². The predicted octanol–water partition coefficient (Wildman–Crippen LogP) is 2.87. The van der Waals surface area contributed by atoms with Crippen LogP contribution in [0.1, 0.15) is 22.3 Å². The van der Waals surface area contributed by atoms with E-state index in [4.69, 9.17) is 5.41 Å². The van der Waals surface area contributed by atoms with Crippen LogP contribution >= 0.6 is 0 Å². The first-order chi connectivity index (χ1) is 5.65. The molecule has 62 valence electrons. The van der Waals surface area contributed by atoms with E-state index < -0.39 is 0 Å². The summed E-state index contributed by atoms with van der Waals surface area (Å²) in [5, 5.41) is 6.88. The number of rotatable bonds is 1. The summed E-state index contributed by atoms with van der Waals surface area (Å²) in [4.78, 5) is 0. The summed E-state index contributed by atoms with van der Waals surface area (Å²) in [7, 11) is 0. The molecule has 1 nitrogen and oxygen atoms in total. The van der Waals surface area contributed by atoms with Gasteiger partial charge in [0.15, 0.2) is 0 Å². The molecule has 0 fully saturated rings. The third-order valence-corrected chi connectivity index (χ3v) is 1.95. The Morgan fingerprint density at radius 1 is 1.17 bits per heavy atom. The van der Waals surface area contributed by atoms with E-state index >= 15 is 0 Å². The van der Waals surface area contributed by atoms with Crippen molar-refractivity contribution in [3.8, 4) is 0 Å². The van der Waals surface area contributed by atoms with Gasteiger partial charge in [0.1, 0.15) is 0 Å². The molecule has 0 aliphatic rings. The van der Waals surface area contributed by atoms with Crippen LogP contribution in [-0.4, -0.2) is 5.87 Å². The number of hydrogen-bond donors (Lipinski definition) is 1. The van der Waals surface area contributed by atoms with E-state index in [0.29, 0.717) is 0 Å². The smallest absolute Gasteiger partial charge is 0.00677 e. The van der Waals surface area contributed by atoms with Gasteiger partial charge in [-0.15, -0.1) is 0 Å². The highest BCUT2D eigenvalue weighted by Crippen LogP contribution is 2.16. The average molecular weight is 159 g/mol. The van der Waals surface area contributed by atoms with Gasteiger partial charge in [-0.25, -0.2) is 0 Å². The van der Waals surface area contributed by atoms with Crippen molar-refractivity contribution in [3.05, 3.63) is 34.4 Å². The van der Waals surface area contributed by atoms with Gasteiger partial charge in [0.2, 0.25) is 0 Å². The molecule has 1 rings (SSSR count). The number of aryl methyl sites for hydroxylation is 3. The van der Waals surface area contributed by atoms with Crippen LogP contribution in [0.3, 0.4) is 0 Å². The maximum Gasteiger partial charge on any atom is 0.00677 e. The zero-order valence-corrected chi connectivity index (χ0v) is 7.73. The van der Waals surface area contributed by atoms with Gasteiger partial charge in [-0.3, -0.25) is 5.41 Å². The molecule has 0 atom stereocenters. The van der Waals surface area contributed by atoms with Crippen LogP contribution in [0, 0.1) is 26.2 Å². The summed E-state index contributed by atoms with van der Waals surface area (Å²) in [6.45, 7) is 6.20. The Labute approximate surface area is 73.3 Å². The van der Waals surface area contributed by atoms with E-state index in [1.807, 2.05) is 0 Å². The molecule has 1 aromatic rings. The molecular weight excluding hydrogens is 146 g/mol. The summed E-state index contributed by atoms with van der Waals surface area (Å²) >= 11 is 0. The van der Waals surface area contributed by atoms with Crippen molar-refractivity contribution in [2.24, 2.45) is 0 Å². The molecule has 0 aromatic heterocycles. The Kier molecular flexibility index (Phi) is 2.47. The van der Waals surface area contributed by atoms with Crippen LogP contribution < -0.4 is 0 Å². The Hall–Kier alpha value is -1.33. The first kappa shape index (κ1) is 8.76. The van der Waals surface area contributed by atoms with Gasteiger partial charge in [0, 0.05) is 6.08 Å². The highest BCUT2D eigenvalue weighted by Gasteiger charge is 1.99. The van der Waals surface area contributed by atoms with Crippen molar-refractivity contribution < 1.29 is 0 Å². The highest BCUT2D eigenvalue weighted by atomic mass is 14.3. The number of benzene rings is 1. The quantitative estimate of drug-likeness (QED) is 0.609. The minimum atomic E-state index is 1.12. The van der Waals surface area contributed by atoms with Gasteiger partial charge in [0.05, 0.1) is 0 Å². The highest BCUT2D eigenvalue weighted by molar-refractivity contribution is 5.78. The molecule has 0 aliphatic carbocycles. The molecule has 0 spiro atoms. The van der Waals surface area contributed by atoms with Gasteiger partial charge in [0.25, 0.3) is 0 Å². The molecule has 12 heavy (non-hydrogen) atoms. The molecule has 0 saturated heterocycles. The second-order valence-corrected chi connectivity index (χ2v) is 3.10. The third kappa shape index (κ3) is 1.63. The van der Waals surface area contributed by atoms with Crippen LogP contribution in [0.15, 0.2) is 12.1 Å². The van der Waals surface area contributed by atoms with Crippen molar-refractivity contribution in [2.75, 3.05) is 0 Å². The van der Waals surface area contributed by atoms with Crippen LogP contribution in [0.4, 0.5) is 0 Å². The van der Waals surface area contributed by atoms with Crippen molar-refractivity contribution in [2.45, 2.75) is 20.8 Å². The van der Waals surface area contributed by atoms with Crippen LogP contribution in [-0.2, 0) is 0 Å². The lowest BCUT2D eigenvalue weighted by molar-refractivity contribution is 1.30. The summed E-state index contributed by atoms with van der Waals surface area (Å²) < 4.78 is 0. The molecule has 1 aromatic carbocycles. The fourth-order valence-corrected chi connectivity index (χ4v) is 1.49. The van der Waals surface area contributed by atoms with Gasteiger partial charge < -0.3 is 0 Å². The van der Waals surface area contributed by atoms with E-state index in [0.717, 1.165) is 5.56 Å². The van der Waals surface area contributed by atoms with E-state index in [1.54, 1.807) is 6.08 Å². The largest absolute Gasteiger partial charge is 0.259 e. The topological polar surface area (TPSA) is 23.9 Å². The van der Waals surface area contributed by atoms with E-state index in [-0.39, 0.29) is 0 Å². The van der Waals surface area contributed by atoms with Gasteiger partial charge >= 0.3 is 0 Å². The first-order valence-corrected chi connectivity index (χ1v) is 3.98. The first-order valence-electron chi connectivity index (χ1n) is 3.98. The Morgan fingerprint density at radius 2 is 1.67 bits per heavy atom. The SMILES string of the molecule is Cc1cc(C)c(C=C=N)c(C)c1. The standard InChI is InChI=1S/C11H13N/c1-8-6-9(2)11(4-5-12)10(3)7-8/h4,6-7,12H,1-3H3. The number of nitrogens with one attached hydrogen (secondary N) is 1. The maximum absolute atomic E-state index is 6.88. The summed E-state index contributed by atoms with van der Waals surface area (Å²) in [5.74, 6) is 2.31. The van der Waals surface area contributed by atoms with Crippen LogP contribution in [0.25, 0.3) is 6.08 Å². The molecule has 0 heterocycles. The lowest BCUT2D eigenvalue weighted by atomic mass is 10.0. The zero-order chi connectivity index (χ0) is 9.14. The van der Waals surface area contributed by atoms with Crippen LogP contribution in [0.5, 0.6) is 0 Å². The lowest BCUT2D eigenvalue weighted by Crippen LogP contribution is -1.88. The zero-order valence-electron chi connectivity index (χ0n) is 7.73. The Morgan fingerprint density at radius 3 is 2.08 bits per heavy atom. The summed E-state index contributed by atoms with van der Waals surface area (Å²) in [5.41, 5.74) is 4.82. The van der Waals surface area contributed by atoms with Crippen LogP contribution in [0.2, 0.25) is 0 Å². The maximum atomic E-state index is 6.88. The fraction of sp³-hybridized carbons (Fsp3) is 0.273. The molecule has 1 heteroatoms. The predicted molar refractivity (Wildman–Crippen MR) is 52.8 cm³/mol. The summed E-state index contributed by atoms with van der Waals surface area (Å²) in [6, 6.07) is 4.24. The minimum Gasteiger partial charge on any atom is -0.259 e. The summed E-state index contributed by atoms with van der Waals surface area (Å²) in [6.07, 6.45) is 1.71. The second-order valence-electron chi connectivity index (χ2n) is 3.10. The Balaban J connectivity index is 3.37. The molecule has 0 unspecified atom stereocenters. The molecule has 0 amide bonds. The molecule has 0 aliphatic heterocycles. The molecule has 0 bridgehead atoms. The Bertz CT molecular complexity index is 321. The van der Waals surface area contributed by atoms with Gasteiger partial charge in [-0.1, -0.05) is 17.7 Å². The average Bonchev–Trinajstić information content (AvgIpc) is 1.96. The van der Waals surface area contributed by atoms with Crippen molar-refractivity contribution in [1.29, 1.82) is 5.41 Å². The van der Waals surface area contributed by atoms with E-state index in [2.05, 4.69) is 38.8 Å². The molecule has 1 N–H and O–H groups in total. The van der Waals surface area contributed by atoms with E-state index in [1.165, 1.54) is 16.7 Å². The van der Waals surface area contributed by atoms with Gasteiger partial charge in [-0.05, 0) is 43.3 Å². The second kappa shape index (κ2) is 3.38. The lowest BCUT2D eigenvalue weighted by Gasteiger charge is -2.05. The monoisotopic (exact) mass is 159 g/mol. The van der Waals surface area contributed by atoms with Gasteiger partial charge in [-0.2, -0.15) is 0 Å². The van der Waals surface area contributed by atoms with Crippen molar-refractivity contribution in [1.82, 2.24) is 0 Å². The molecule has 0 saturated carbocycles. The fourth-order valence-electron chi connectivity index (χ4n) is 1.49. The molecule has 0 radical (unpaired) electrons. The van der Waals surface area contributed by atoms with E-state index in [9.17, 15) is 0 Å². The third-order valence-electron chi connectivity index (χ3n) is 1.95. The van der Waals surface area contributed by atoms with Crippen molar-refractivity contribution in [3.63, 3.8) is 0 Å². The molecular formula is C11H13N.